The van der Waals surface area contributed by atoms with E-state index < -0.39 is 0 Å². The number of carbonyl (C=O) groups excluding carboxylic acids is 1. The van der Waals surface area contributed by atoms with Gasteiger partial charge in [0.2, 0.25) is 5.91 Å². The number of hydrogen-bond acceptors (Lipinski definition) is 1. The molecule has 0 aliphatic carbocycles. The zero-order chi connectivity index (χ0) is 16.4. The van der Waals surface area contributed by atoms with Crippen molar-refractivity contribution < 1.29 is 4.79 Å². The van der Waals surface area contributed by atoms with Crippen molar-refractivity contribution in [2.45, 2.75) is 111 Å². The molecule has 21 heavy (non-hydrogen) atoms. The van der Waals surface area contributed by atoms with Crippen LogP contribution in [-0.4, -0.2) is 11.4 Å². The molecule has 0 radical (unpaired) electrons. The summed E-state index contributed by atoms with van der Waals surface area (Å²) in [6.07, 6.45) is 12.4. The van der Waals surface area contributed by atoms with Crippen LogP contribution in [0.1, 0.15) is 106 Å². The molecule has 0 aromatic carbocycles. The van der Waals surface area contributed by atoms with Crippen LogP contribution in [0.15, 0.2) is 0 Å². The van der Waals surface area contributed by atoms with Crippen LogP contribution in [0.5, 0.6) is 0 Å². The van der Waals surface area contributed by atoms with Crippen molar-refractivity contribution in [3.8, 4) is 0 Å². The first-order valence-electron chi connectivity index (χ1n) is 8.91. The van der Waals surface area contributed by atoms with Crippen LogP contribution in [0, 0.1) is 5.41 Å². The number of nitrogens with one attached hydrogen (secondary N) is 1. The summed E-state index contributed by atoms with van der Waals surface area (Å²) in [5, 5.41) is 3.02. The molecule has 0 aliphatic rings. The molecule has 0 atom stereocenters. The summed E-state index contributed by atoms with van der Waals surface area (Å²) in [5.74, 6) is 0.199. The van der Waals surface area contributed by atoms with Crippen LogP contribution in [-0.2, 0) is 4.79 Å². The van der Waals surface area contributed by atoms with Gasteiger partial charge in [0.25, 0.3) is 0 Å². The van der Waals surface area contributed by atoms with Crippen LogP contribution in [0.2, 0.25) is 0 Å². The Morgan fingerprint density at radius 3 is 1.57 bits per heavy atom. The molecule has 0 spiro atoms. The van der Waals surface area contributed by atoms with Crippen LogP contribution >= 0.6 is 0 Å². The van der Waals surface area contributed by atoms with E-state index in [0.717, 1.165) is 6.42 Å². The Morgan fingerprint density at radius 1 is 0.714 bits per heavy atom. The molecule has 1 N–H and O–H groups in total. The van der Waals surface area contributed by atoms with Crippen molar-refractivity contribution in [2.75, 3.05) is 0 Å². The van der Waals surface area contributed by atoms with Crippen LogP contribution in [0.3, 0.4) is 0 Å². The lowest BCUT2D eigenvalue weighted by atomic mass is 9.89. The summed E-state index contributed by atoms with van der Waals surface area (Å²) in [4.78, 5) is 11.6. The van der Waals surface area contributed by atoms with E-state index in [4.69, 9.17) is 0 Å². The zero-order valence-electron chi connectivity index (χ0n) is 15.5. The van der Waals surface area contributed by atoms with E-state index in [-0.39, 0.29) is 11.4 Å². The van der Waals surface area contributed by atoms with Gasteiger partial charge in [-0.2, -0.15) is 0 Å². The second-order valence-corrected chi connectivity index (χ2v) is 8.69. The Labute approximate surface area is 133 Å². The van der Waals surface area contributed by atoms with Gasteiger partial charge in [-0.25, -0.2) is 0 Å². The van der Waals surface area contributed by atoms with Crippen LogP contribution in [0.25, 0.3) is 0 Å². The first-order valence-corrected chi connectivity index (χ1v) is 8.91. The topological polar surface area (TPSA) is 29.1 Å². The largest absolute Gasteiger partial charge is 0.352 e. The standard InChI is InChI=1S/C19H39NO/c1-18(2,3)16-14-12-10-8-7-9-11-13-15-17(21)20-19(4,5)6/h7-16H2,1-6H3,(H,20,21). The molecule has 0 aliphatic heterocycles. The van der Waals surface area contributed by atoms with Gasteiger partial charge in [0.15, 0.2) is 0 Å². The molecular weight excluding hydrogens is 258 g/mol. The number of unbranched alkanes of at least 4 members (excludes halogenated alkanes) is 7. The SMILES string of the molecule is CC(C)(C)CCCCCCCCCCC(=O)NC(C)(C)C. The lowest BCUT2D eigenvalue weighted by molar-refractivity contribution is -0.122. The molecule has 2 heteroatoms. The van der Waals surface area contributed by atoms with Gasteiger partial charge in [0.1, 0.15) is 0 Å². The second kappa shape index (κ2) is 10.2. The first-order chi connectivity index (χ1) is 9.60. The lowest BCUT2D eigenvalue weighted by Crippen LogP contribution is -2.40. The van der Waals surface area contributed by atoms with Gasteiger partial charge in [-0.05, 0) is 39.0 Å². The molecule has 0 saturated carbocycles. The first kappa shape index (κ1) is 20.5. The van der Waals surface area contributed by atoms with Crippen LogP contribution < -0.4 is 5.32 Å². The fraction of sp³-hybridized carbons (Fsp3) is 0.947. The Bertz CT molecular complexity index is 270. The summed E-state index contributed by atoms with van der Waals surface area (Å²) < 4.78 is 0. The van der Waals surface area contributed by atoms with Gasteiger partial charge in [-0.3, -0.25) is 4.79 Å². The number of rotatable bonds is 10. The summed E-state index contributed by atoms with van der Waals surface area (Å²) in [6, 6.07) is 0. The highest BCUT2D eigenvalue weighted by atomic mass is 16.1. The maximum atomic E-state index is 11.6. The molecule has 2 nitrogen and oxygen atoms in total. The van der Waals surface area contributed by atoms with Gasteiger partial charge in [-0.1, -0.05) is 65.7 Å². The van der Waals surface area contributed by atoms with Crippen LogP contribution in [0.4, 0.5) is 0 Å². The molecule has 0 heterocycles. The van der Waals surface area contributed by atoms with Gasteiger partial charge in [-0.15, -0.1) is 0 Å². The van der Waals surface area contributed by atoms with Gasteiger partial charge in [0.05, 0.1) is 0 Å². The highest BCUT2D eigenvalue weighted by Crippen LogP contribution is 2.22. The summed E-state index contributed by atoms with van der Waals surface area (Å²) in [6.45, 7) is 13.1. The second-order valence-electron chi connectivity index (χ2n) is 8.69. The smallest absolute Gasteiger partial charge is 0.220 e. The zero-order valence-corrected chi connectivity index (χ0v) is 15.5. The molecule has 0 rings (SSSR count). The molecular formula is C19H39NO. The Balaban J connectivity index is 3.28. The van der Waals surface area contributed by atoms with Gasteiger partial charge >= 0.3 is 0 Å². The van der Waals surface area contributed by atoms with Crippen molar-refractivity contribution in [2.24, 2.45) is 5.41 Å². The average molecular weight is 298 g/mol. The quantitative estimate of drug-likeness (QED) is 0.504. The Hall–Kier alpha value is -0.530. The maximum absolute atomic E-state index is 11.6. The fourth-order valence-electron chi connectivity index (χ4n) is 2.48. The Morgan fingerprint density at radius 2 is 1.14 bits per heavy atom. The summed E-state index contributed by atoms with van der Waals surface area (Å²) in [7, 11) is 0. The molecule has 0 unspecified atom stereocenters. The normalized spacial score (nSPS) is 12.5. The van der Waals surface area contributed by atoms with E-state index in [1.807, 2.05) is 20.8 Å². The Kier molecular flexibility index (Phi) is 9.98. The molecule has 0 bridgehead atoms. The van der Waals surface area contributed by atoms with E-state index in [9.17, 15) is 4.79 Å². The predicted molar refractivity (Wildman–Crippen MR) is 93.5 cm³/mol. The van der Waals surface area contributed by atoms with Crippen molar-refractivity contribution in [3.05, 3.63) is 0 Å². The third-order valence-corrected chi connectivity index (χ3v) is 3.60. The van der Waals surface area contributed by atoms with E-state index in [1.54, 1.807) is 0 Å². The molecule has 0 aromatic heterocycles. The minimum atomic E-state index is -0.0931. The third kappa shape index (κ3) is 17.4. The molecule has 0 saturated heterocycles. The van der Waals surface area contributed by atoms with Crippen molar-refractivity contribution in [1.82, 2.24) is 5.32 Å². The van der Waals surface area contributed by atoms with Crippen molar-refractivity contribution >= 4 is 5.91 Å². The van der Waals surface area contributed by atoms with E-state index in [2.05, 4.69) is 26.1 Å². The molecule has 0 fully saturated rings. The highest BCUT2D eigenvalue weighted by molar-refractivity contribution is 5.76. The predicted octanol–water partition coefficient (Wildman–Crippen LogP) is 5.85. The fourth-order valence-corrected chi connectivity index (χ4v) is 2.48. The van der Waals surface area contributed by atoms with Gasteiger partial charge < -0.3 is 5.32 Å². The monoisotopic (exact) mass is 297 g/mol. The molecule has 1 amide bonds. The average Bonchev–Trinajstić information content (AvgIpc) is 2.27. The number of amides is 1. The maximum Gasteiger partial charge on any atom is 0.220 e. The van der Waals surface area contributed by atoms with Crippen molar-refractivity contribution in [1.29, 1.82) is 0 Å². The highest BCUT2D eigenvalue weighted by Gasteiger charge is 2.12. The van der Waals surface area contributed by atoms with Crippen molar-refractivity contribution in [3.63, 3.8) is 0 Å². The van der Waals surface area contributed by atoms with E-state index in [1.165, 1.54) is 51.4 Å². The lowest BCUT2D eigenvalue weighted by Gasteiger charge is -2.20. The number of carbonyl (C=O) groups is 1. The summed E-state index contributed by atoms with van der Waals surface area (Å²) in [5.41, 5.74) is 0.401. The van der Waals surface area contributed by atoms with E-state index in [0.29, 0.717) is 11.8 Å². The number of hydrogen-bond donors (Lipinski definition) is 1. The van der Waals surface area contributed by atoms with E-state index >= 15 is 0 Å². The van der Waals surface area contributed by atoms with Gasteiger partial charge in [0, 0.05) is 12.0 Å². The third-order valence-electron chi connectivity index (χ3n) is 3.60. The minimum absolute atomic E-state index is 0.0931. The molecule has 0 aromatic rings. The summed E-state index contributed by atoms with van der Waals surface area (Å²) >= 11 is 0. The molecule has 126 valence electrons. The minimum Gasteiger partial charge on any atom is -0.352 e.